The number of ether oxygens (including phenoxy) is 2. The molecule has 2 N–H and O–H groups in total. The second-order valence-electron chi connectivity index (χ2n) is 8.25. The highest BCUT2D eigenvalue weighted by Crippen LogP contribution is 2.27. The number of nitrogens with one attached hydrogen (secondary N) is 2. The number of imidazole rings is 1. The van der Waals surface area contributed by atoms with Crippen molar-refractivity contribution in [1.29, 1.82) is 0 Å². The average Bonchev–Trinajstić information content (AvgIpc) is 3.40. The summed E-state index contributed by atoms with van der Waals surface area (Å²) in [5.74, 6) is 6.28. The summed E-state index contributed by atoms with van der Waals surface area (Å²) in [5.41, 5.74) is 3.64. The number of fused-ring (bicyclic) bond motifs is 1. The van der Waals surface area contributed by atoms with Crippen molar-refractivity contribution in [1.82, 2.24) is 29.8 Å². The first kappa shape index (κ1) is 20.7. The van der Waals surface area contributed by atoms with Gasteiger partial charge in [-0.3, -0.25) is 14.9 Å². The molecule has 1 aliphatic rings. The van der Waals surface area contributed by atoms with Crippen molar-refractivity contribution >= 4 is 17.2 Å². The third-order valence-electron chi connectivity index (χ3n) is 5.22. The minimum atomic E-state index is -0.292. The van der Waals surface area contributed by atoms with E-state index in [4.69, 9.17) is 9.47 Å². The van der Waals surface area contributed by atoms with E-state index in [0.717, 1.165) is 5.69 Å². The summed E-state index contributed by atoms with van der Waals surface area (Å²) in [5, 5.41) is 14.0. The van der Waals surface area contributed by atoms with Crippen LogP contribution in [0.4, 0.5) is 5.69 Å². The topological polar surface area (TPSA) is 119 Å². The van der Waals surface area contributed by atoms with Gasteiger partial charge in [-0.05, 0) is 25.0 Å². The Balaban J connectivity index is 1.34. The molecule has 0 unspecified atom stereocenters. The molecule has 0 atom stereocenters. The Morgan fingerprint density at radius 1 is 1.27 bits per heavy atom. The van der Waals surface area contributed by atoms with Gasteiger partial charge in [0, 0.05) is 29.4 Å². The van der Waals surface area contributed by atoms with Crippen molar-refractivity contribution in [3.05, 3.63) is 65.5 Å². The van der Waals surface area contributed by atoms with Crippen molar-refractivity contribution in [3.63, 3.8) is 0 Å². The van der Waals surface area contributed by atoms with Crippen LogP contribution in [0.1, 0.15) is 34.2 Å². The van der Waals surface area contributed by atoms with Gasteiger partial charge in [-0.1, -0.05) is 12.8 Å². The molecular weight excluding hydrogens is 422 g/mol. The predicted octanol–water partition coefficient (Wildman–Crippen LogP) is 2.22. The summed E-state index contributed by atoms with van der Waals surface area (Å²) < 4.78 is 12.7. The molecule has 0 aliphatic carbocycles. The quantitative estimate of drug-likeness (QED) is 0.454. The van der Waals surface area contributed by atoms with E-state index in [1.165, 1.54) is 6.20 Å². The van der Waals surface area contributed by atoms with Crippen LogP contribution >= 0.6 is 0 Å². The van der Waals surface area contributed by atoms with Crippen LogP contribution in [0.3, 0.4) is 0 Å². The Bertz CT molecular complexity index is 1390. The maximum atomic E-state index is 12.5. The zero-order chi connectivity index (χ0) is 22.8. The largest absolute Gasteiger partial charge is 0.476 e. The van der Waals surface area contributed by atoms with Crippen molar-refractivity contribution in [3.8, 4) is 17.7 Å². The SMILES string of the molecule is Cc1[nH]ncc1NC(=O)c1cncc(C#Cc2cnc3ccc(OCC4(C)COC4)nn23)c1. The monoisotopic (exact) mass is 443 g/mol. The second-order valence-corrected chi connectivity index (χ2v) is 8.25. The number of amides is 1. The lowest BCUT2D eigenvalue weighted by atomic mass is 9.90. The minimum absolute atomic E-state index is 0.0226. The van der Waals surface area contributed by atoms with E-state index in [1.807, 2.05) is 13.0 Å². The van der Waals surface area contributed by atoms with Gasteiger partial charge < -0.3 is 14.8 Å². The van der Waals surface area contributed by atoms with Gasteiger partial charge in [0.15, 0.2) is 5.65 Å². The highest BCUT2D eigenvalue weighted by molar-refractivity contribution is 6.04. The molecule has 33 heavy (non-hydrogen) atoms. The molecular formula is C23H21N7O3. The fourth-order valence-corrected chi connectivity index (χ4v) is 3.24. The summed E-state index contributed by atoms with van der Waals surface area (Å²) in [7, 11) is 0. The number of hydrogen-bond donors (Lipinski definition) is 2. The zero-order valence-corrected chi connectivity index (χ0v) is 18.1. The zero-order valence-electron chi connectivity index (χ0n) is 18.1. The van der Waals surface area contributed by atoms with Crippen LogP contribution in [-0.4, -0.2) is 55.5 Å². The molecule has 1 fully saturated rings. The molecule has 5 rings (SSSR count). The predicted molar refractivity (Wildman–Crippen MR) is 119 cm³/mol. The van der Waals surface area contributed by atoms with Crippen LogP contribution in [-0.2, 0) is 4.74 Å². The molecule has 0 spiro atoms. The van der Waals surface area contributed by atoms with Gasteiger partial charge in [0.05, 0.1) is 49.2 Å². The number of aryl methyl sites for hydroxylation is 1. The van der Waals surface area contributed by atoms with Crippen molar-refractivity contribution in [2.75, 3.05) is 25.1 Å². The molecule has 0 saturated carbocycles. The first-order chi connectivity index (χ1) is 16.0. The van der Waals surface area contributed by atoms with Crippen LogP contribution in [0, 0.1) is 24.2 Å². The van der Waals surface area contributed by atoms with E-state index in [0.29, 0.717) is 53.9 Å². The van der Waals surface area contributed by atoms with E-state index in [-0.39, 0.29) is 11.3 Å². The van der Waals surface area contributed by atoms with Gasteiger partial charge in [-0.25, -0.2) is 9.50 Å². The lowest BCUT2D eigenvalue weighted by molar-refractivity contribution is -0.120. The second kappa shape index (κ2) is 8.37. The maximum absolute atomic E-state index is 12.5. The van der Waals surface area contributed by atoms with E-state index in [1.54, 1.807) is 35.2 Å². The van der Waals surface area contributed by atoms with Gasteiger partial charge in [0.25, 0.3) is 5.91 Å². The van der Waals surface area contributed by atoms with Gasteiger partial charge >= 0.3 is 0 Å². The number of aromatic amines is 1. The van der Waals surface area contributed by atoms with Crippen LogP contribution in [0.5, 0.6) is 5.88 Å². The molecule has 1 saturated heterocycles. The summed E-state index contributed by atoms with van der Waals surface area (Å²) in [6, 6.07) is 5.30. The number of nitrogens with zero attached hydrogens (tertiary/aromatic N) is 5. The summed E-state index contributed by atoms with van der Waals surface area (Å²) >= 11 is 0. The number of hydrogen-bond acceptors (Lipinski definition) is 7. The van der Waals surface area contributed by atoms with E-state index in [2.05, 4.69) is 49.3 Å². The molecule has 10 heteroatoms. The normalized spacial score (nSPS) is 14.2. The van der Waals surface area contributed by atoms with E-state index in [9.17, 15) is 4.79 Å². The average molecular weight is 443 g/mol. The van der Waals surface area contributed by atoms with Gasteiger partial charge in [0.2, 0.25) is 5.88 Å². The molecule has 10 nitrogen and oxygen atoms in total. The molecule has 0 bridgehead atoms. The Kier molecular flexibility index (Phi) is 5.24. The molecule has 0 aromatic carbocycles. The van der Waals surface area contributed by atoms with E-state index >= 15 is 0 Å². The highest BCUT2D eigenvalue weighted by Gasteiger charge is 2.34. The van der Waals surface area contributed by atoms with Crippen molar-refractivity contribution in [2.45, 2.75) is 13.8 Å². The Hall–Kier alpha value is -4.23. The molecule has 0 radical (unpaired) electrons. The summed E-state index contributed by atoms with van der Waals surface area (Å²) in [4.78, 5) is 21.0. The molecule has 4 aromatic heterocycles. The Morgan fingerprint density at radius 2 is 2.15 bits per heavy atom. The fourth-order valence-electron chi connectivity index (χ4n) is 3.24. The van der Waals surface area contributed by atoms with Crippen LogP contribution < -0.4 is 10.1 Å². The number of aromatic nitrogens is 6. The van der Waals surface area contributed by atoms with Crippen LogP contribution in [0.25, 0.3) is 5.65 Å². The third kappa shape index (κ3) is 4.40. The Morgan fingerprint density at radius 3 is 2.91 bits per heavy atom. The molecule has 1 amide bonds. The summed E-state index contributed by atoms with van der Waals surface area (Å²) in [6.45, 7) is 5.83. The number of carbonyl (C=O) groups is 1. The van der Waals surface area contributed by atoms with E-state index < -0.39 is 0 Å². The fraction of sp³-hybridized carbons (Fsp3) is 0.261. The number of rotatable bonds is 5. The number of anilines is 1. The number of pyridine rings is 1. The number of H-pyrrole nitrogens is 1. The van der Waals surface area contributed by atoms with Gasteiger partial charge in [-0.2, -0.15) is 5.10 Å². The Labute approximate surface area is 189 Å². The van der Waals surface area contributed by atoms with Gasteiger partial charge in [0.1, 0.15) is 5.69 Å². The van der Waals surface area contributed by atoms with Crippen molar-refractivity contribution in [2.24, 2.45) is 5.41 Å². The van der Waals surface area contributed by atoms with Gasteiger partial charge in [-0.15, -0.1) is 5.10 Å². The minimum Gasteiger partial charge on any atom is -0.476 e. The standard InChI is InChI=1S/C23H21N7O3/c1-15-19(11-26-28-15)27-22(31)17-7-16(8-24-9-17)3-4-18-10-25-20-5-6-21(29-30(18)20)33-14-23(2)12-32-13-23/h5-11H,12-14H2,1-2H3,(H,26,28)(H,27,31). The third-order valence-corrected chi connectivity index (χ3v) is 5.22. The lowest BCUT2D eigenvalue weighted by Crippen LogP contribution is -2.44. The maximum Gasteiger partial charge on any atom is 0.257 e. The molecule has 4 aromatic rings. The van der Waals surface area contributed by atoms with Crippen LogP contribution in [0.2, 0.25) is 0 Å². The molecule has 166 valence electrons. The smallest absolute Gasteiger partial charge is 0.257 e. The lowest BCUT2D eigenvalue weighted by Gasteiger charge is -2.37. The highest BCUT2D eigenvalue weighted by atomic mass is 16.5. The number of carbonyl (C=O) groups excluding carboxylic acids is 1. The molecule has 5 heterocycles. The summed E-state index contributed by atoms with van der Waals surface area (Å²) in [6.07, 6.45) is 6.29. The molecule has 1 aliphatic heterocycles. The first-order valence-corrected chi connectivity index (χ1v) is 10.3. The van der Waals surface area contributed by atoms with Crippen molar-refractivity contribution < 1.29 is 14.3 Å². The van der Waals surface area contributed by atoms with Crippen LogP contribution in [0.15, 0.2) is 43.0 Å². The first-order valence-electron chi connectivity index (χ1n) is 10.3.